The number of rotatable bonds is 4. The summed E-state index contributed by atoms with van der Waals surface area (Å²) in [6.45, 7) is -1.32. The van der Waals surface area contributed by atoms with Gasteiger partial charge in [-0.1, -0.05) is 54.6 Å². The van der Waals surface area contributed by atoms with Crippen molar-refractivity contribution in [2.45, 2.75) is 25.1 Å². The van der Waals surface area contributed by atoms with E-state index in [9.17, 15) is 27.2 Å². The van der Waals surface area contributed by atoms with Gasteiger partial charge in [-0.05, 0) is 18.2 Å². The number of para-hydroxylation sites is 1. The van der Waals surface area contributed by atoms with Gasteiger partial charge in [0, 0.05) is 23.1 Å². The Morgan fingerprint density at radius 3 is 2.46 bits per heavy atom. The number of aryl methyl sites for hydroxylation is 1. The van der Waals surface area contributed by atoms with Crippen molar-refractivity contribution >= 4 is 23.2 Å². The van der Waals surface area contributed by atoms with Crippen molar-refractivity contribution in [3.8, 4) is 17.1 Å². The minimum atomic E-state index is -3.18. The Kier molecular flexibility index (Phi) is 6.52. The minimum Gasteiger partial charge on any atom is -0.471 e. The topological polar surface area (TPSA) is 97.6 Å². The SMILES string of the molecule is O=C(NC1N=C(c2ccccc2)c2cccc(F)c2NC1=O)c1c(-c2ccccc2F)nn2c1OCC(F)(F)CC2. The van der Waals surface area contributed by atoms with E-state index in [1.165, 1.54) is 30.3 Å². The van der Waals surface area contributed by atoms with E-state index in [4.69, 9.17) is 4.74 Å². The van der Waals surface area contributed by atoms with Crippen molar-refractivity contribution in [2.75, 3.05) is 11.9 Å². The van der Waals surface area contributed by atoms with E-state index < -0.39 is 48.6 Å². The van der Waals surface area contributed by atoms with E-state index in [0.717, 1.165) is 10.7 Å². The number of amides is 2. The average molecular weight is 564 g/mol. The monoisotopic (exact) mass is 563 g/mol. The molecule has 0 fully saturated rings. The van der Waals surface area contributed by atoms with E-state index in [0.29, 0.717) is 11.1 Å². The Hall–Kier alpha value is -5.00. The van der Waals surface area contributed by atoms with Crippen LogP contribution in [0.2, 0.25) is 0 Å². The number of anilines is 1. The van der Waals surface area contributed by atoms with Gasteiger partial charge in [0.25, 0.3) is 17.7 Å². The molecule has 3 aromatic carbocycles. The highest BCUT2D eigenvalue weighted by Gasteiger charge is 2.38. The summed E-state index contributed by atoms with van der Waals surface area (Å²) in [5, 5.41) is 9.19. The molecule has 0 bridgehead atoms. The van der Waals surface area contributed by atoms with Crippen LogP contribution < -0.4 is 15.4 Å². The molecule has 0 radical (unpaired) electrons. The lowest BCUT2D eigenvalue weighted by Gasteiger charge is -2.15. The van der Waals surface area contributed by atoms with Gasteiger partial charge in [0.05, 0.1) is 17.9 Å². The molecule has 1 atom stereocenters. The predicted molar refractivity (Wildman–Crippen MR) is 141 cm³/mol. The van der Waals surface area contributed by atoms with Crippen LogP contribution >= 0.6 is 0 Å². The smallest absolute Gasteiger partial charge is 0.283 e. The number of ether oxygens (including phenoxy) is 1. The summed E-state index contributed by atoms with van der Waals surface area (Å²) in [6.07, 6.45) is -2.19. The number of aromatic nitrogens is 2. The zero-order valence-corrected chi connectivity index (χ0v) is 21.2. The Bertz CT molecular complexity index is 1700. The van der Waals surface area contributed by atoms with Crippen LogP contribution in [0.25, 0.3) is 11.3 Å². The quantitative estimate of drug-likeness (QED) is 0.349. The van der Waals surface area contributed by atoms with Gasteiger partial charge in [0.1, 0.15) is 22.9 Å². The average Bonchev–Trinajstić information content (AvgIpc) is 3.17. The molecule has 2 aliphatic heterocycles. The maximum absolute atomic E-state index is 14.8. The van der Waals surface area contributed by atoms with Crippen molar-refractivity contribution in [2.24, 2.45) is 4.99 Å². The molecule has 2 amide bonds. The number of halogens is 4. The maximum atomic E-state index is 14.8. The molecule has 6 rings (SSSR count). The fourth-order valence-electron chi connectivity index (χ4n) is 4.72. The summed E-state index contributed by atoms with van der Waals surface area (Å²) in [5.41, 5.74) is 0.380. The zero-order valence-electron chi connectivity index (χ0n) is 21.2. The van der Waals surface area contributed by atoms with Crippen LogP contribution in [0.15, 0.2) is 77.8 Å². The molecule has 2 aliphatic rings. The molecule has 8 nitrogen and oxygen atoms in total. The van der Waals surface area contributed by atoms with E-state index in [-0.39, 0.29) is 40.6 Å². The number of carbonyl (C=O) groups excluding carboxylic acids is 2. The number of carbonyl (C=O) groups is 2. The van der Waals surface area contributed by atoms with Crippen LogP contribution in [0.5, 0.6) is 5.88 Å². The van der Waals surface area contributed by atoms with Gasteiger partial charge in [-0.3, -0.25) is 9.59 Å². The fourth-order valence-corrected chi connectivity index (χ4v) is 4.72. The molecule has 0 saturated carbocycles. The first-order valence-electron chi connectivity index (χ1n) is 12.6. The molecule has 3 heterocycles. The highest BCUT2D eigenvalue weighted by Crippen LogP contribution is 2.36. The molecular formula is C29H21F4N5O3. The van der Waals surface area contributed by atoms with Crippen molar-refractivity contribution in [1.29, 1.82) is 0 Å². The van der Waals surface area contributed by atoms with E-state index in [1.807, 2.05) is 0 Å². The Morgan fingerprint density at radius 1 is 0.976 bits per heavy atom. The summed E-state index contributed by atoms with van der Waals surface area (Å²) >= 11 is 0. The van der Waals surface area contributed by atoms with Crippen LogP contribution in [0.4, 0.5) is 23.2 Å². The van der Waals surface area contributed by atoms with Gasteiger partial charge in [-0.15, -0.1) is 0 Å². The van der Waals surface area contributed by atoms with Crippen molar-refractivity contribution in [3.63, 3.8) is 0 Å². The first-order chi connectivity index (χ1) is 19.7. The molecule has 1 unspecified atom stereocenters. The van der Waals surface area contributed by atoms with Gasteiger partial charge in [-0.25, -0.2) is 27.2 Å². The number of fused-ring (bicyclic) bond motifs is 2. The highest BCUT2D eigenvalue weighted by molar-refractivity contribution is 6.20. The molecule has 41 heavy (non-hydrogen) atoms. The van der Waals surface area contributed by atoms with Crippen LogP contribution in [0.3, 0.4) is 0 Å². The molecule has 0 saturated heterocycles. The summed E-state index contributed by atoms with van der Waals surface area (Å²) in [6, 6.07) is 18.4. The number of hydrogen-bond donors (Lipinski definition) is 2. The Morgan fingerprint density at radius 2 is 1.68 bits per heavy atom. The first-order valence-corrected chi connectivity index (χ1v) is 12.6. The summed E-state index contributed by atoms with van der Waals surface area (Å²) in [4.78, 5) is 31.5. The van der Waals surface area contributed by atoms with Crippen LogP contribution in [0.1, 0.15) is 27.9 Å². The third kappa shape index (κ3) is 4.92. The number of alkyl halides is 2. The van der Waals surface area contributed by atoms with Crippen LogP contribution in [-0.2, 0) is 11.3 Å². The van der Waals surface area contributed by atoms with Gasteiger partial charge < -0.3 is 15.4 Å². The van der Waals surface area contributed by atoms with Gasteiger partial charge >= 0.3 is 0 Å². The standard InChI is InChI=1S/C29H21F4N5O3/c30-19-11-5-4-9-17(19)24-21(28-38(37-24)14-13-29(32,33)15-41-28)26(39)36-25-27(40)35-23-18(10-6-12-20(23)31)22(34-25)16-7-2-1-3-8-16/h1-12,25H,13-15H2,(H,35,40)(H,36,39). The van der Waals surface area contributed by atoms with E-state index in [2.05, 4.69) is 20.7 Å². The molecule has 0 spiro atoms. The first kappa shape index (κ1) is 26.2. The Labute approximate surface area is 230 Å². The number of nitrogens with zero attached hydrogens (tertiary/aromatic N) is 3. The third-order valence-corrected chi connectivity index (χ3v) is 6.71. The summed E-state index contributed by atoms with van der Waals surface area (Å²) in [7, 11) is 0. The predicted octanol–water partition coefficient (Wildman–Crippen LogP) is 4.79. The second-order valence-electron chi connectivity index (χ2n) is 9.50. The number of hydrogen-bond acceptors (Lipinski definition) is 5. The zero-order chi connectivity index (χ0) is 28.7. The molecule has 4 aromatic rings. The second-order valence-corrected chi connectivity index (χ2v) is 9.50. The molecule has 1 aromatic heterocycles. The molecule has 208 valence electrons. The van der Waals surface area contributed by atoms with Gasteiger partial charge in [-0.2, -0.15) is 5.10 Å². The van der Waals surface area contributed by atoms with E-state index >= 15 is 0 Å². The number of nitrogens with one attached hydrogen (secondary N) is 2. The number of benzene rings is 3. The summed E-state index contributed by atoms with van der Waals surface area (Å²) in [5.74, 6) is -6.72. The minimum absolute atomic E-state index is 0.0677. The Balaban J connectivity index is 1.44. The van der Waals surface area contributed by atoms with Gasteiger partial charge in [0.15, 0.2) is 6.61 Å². The molecule has 0 aliphatic carbocycles. The summed E-state index contributed by atoms with van der Waals surface area (Å²) < 4.78 is 64.3. The third-order valence-electron chi connectivity index (χ3n) is 6.71. The van der Waals surface area contributed by atoms with Crippen LogP contribution in [-0.4, -0.2) is 46.0 Å². The number of benzodiazepines with no additional fused rings is 1. The van der Waals surface area contributed by atoms with Crippen molar-refractivity contribution < 1.29 is 31.9 Å². The van der Waals surface area contributed by atoms with Gasteiger partial charge in [0.2, 0.25) is 12.0 Å². The molecule has 2 N–H and O–H groups in total. The fraction of sp³-hybridized carbons (Fsp3) is 0.172. The van der Waals surface area contributed by atoms with Crippen molar-refractivity contribution in [3.05, 3.63) is 101 Å². The maximum Gasteiger partial charge on any atom is 0.283 e. The molecule has 12 heteroatoms. The molecular weight excluding hydrogens is 542 g/mol. The van der Waals surface area contributed by atoms with Crippen molar-refractivity contribution in [1.82, 2.24) is 15.1 Å². The second kappa shape index (κ2) is 10.2. The lowest BCUT2D eigenvalue weighted by Crippen LogP contribution is -2.42. The largest absolute Gasteiger partial charge is 0.471 e. The normalized spacial score (nSPS) is 17.6. The lowest BCUT2D eigenvalue weighted by molar-refractivity contribution is -0.117. The van der Waals surface area contributed by atoms with E-state index in [1.54, 1.807) is 36.4 Å². The highest BCUT2D eigenvalue weighted by atomic mass is 19.3. The lowest BCUT2D eigenvalue weighted by atomic mass is 10.0. The number of aliphatic imine (C=N–C) groups is 1. The van der Waals surface area contributed by atoms with Crippen LogP contribution in [0, 0.1) is 11.6 Å².